The summed E-state index contributed by atoms with van der Waals surface area (Å²) in [5, 5.41) is 1.21. The Balaban J connectivity index is 1.45. The molecule has 2 aromatic rings. The van der Waals surface area contributed by atoms with Crippen molar-refractivity contribution in [3.8, 4) is 0 Å². The minimum absolute atomic E-state index is 0.0629. The Morgan fingerprint density at radius 2 is 1.84 bits per heavy atom. The number of piperazine rings is 1. The molecule has 0 aromatic heterocycles. The topological polar surface area (TPSA) is 49.6 Å². The average molecular weight is 557 g/mol. The number of hydrogen-bond donors (Lipinski definition) is 1. The lowest BCUT2D eigenvalue weighted by molar-refractivity contribution is -0.131. The lowest BCUT2D eigenvalue weighted by atomic mass is 9.90. The zero-order chi connectivity index (χ0) is 26.5. The zero-order valence-corrected chi connectivity index (χ0v) is 23.9. The van der Waals surface area contributed by atoms with Crippen LogP contribution in [0.2, 0.25) is 10.0 Å². The van der Waals surface area contributed by atoms with Gasteiger partial charge in [0.2, 0.25) is 5.91 Å². The minimum atomic E-state index is -0.0629. The van der Waals surface area contributed by atoms with Crippen LogP contribution in [0.4, 0.5) is 5.69 Å². The van der Waals surface area contributed by atoms with Crippen LogP contribution in [0, 0.1) is 5.92 Å². The molecule has 2 aromatic carbocycles. The van der Waals surface area contributed by atoms with Crippen molar-refractivity contribution in [3.05, 3.63) is 81.4 Å². The second-order valence-electron chi connectivity index (χ2n) is 10.2. The molecule has 2 aliphatic rings. The molecule has 1 aliphatic carbocycles. The van der Waals surface area contributed by atoms with Gasteiger partial charge >= 0.3 is 0 Å². The van der Waals surface area contributed by atoms with Gasteiger partial charge in [0.05, 0.1) is 0 Å². The number of hydrogen-bond acceptors (Lipinski definition) is 4. The first-order chi connectivity index (χ1) is 17.7. The summed E-state index contributed by atoms with van der Waals surface area (Å²) >= 11 is 17.9. The first-order valence-electron chi connectivity index (χ1n) is 13.0. The smallest absolute Gasteiger partial charge is 0.223 e. The molecule has 1 amide bonds. The van der Waals surface area contributed by atoms with Crippen molar-refractivity contribution in [2.45, 2.75) is 45.6 Å². The van der Waals surface area contributed by atoms with Crippen LogP contribution in [0.15, 0.2) is 54.6 Å². The number of carbonyl (C=O) groups is 1. The number of anilines is 1. The second kappa shape index (κ2) is 12.6. The number of aryl methyl sites for hydroxylation is 1. The number of nitrogens with zero attached hydrogens (tertiary/aromatic N) is 2. The average Bonchev–Trinajstić information content (AvgIpc) is 2.88. The van der Waals surface area contributed by atoms with Crippen LogP contribution in [0.3, 0.4) is 0 Å². The van der Waals surface area contributed by atoms with Gasteiger partial charge in [0.1, 0.15) is 0 Å². The van der Waals surface area contributed by atoms with Gasteiger partial charge in [-0.2, -0.15) is 0 Å². The molecule has 0 saturated carbocycles. The van der Waals surface area contributed by atoms with Gasteiger partial charge in [-0.3, -0.25) is 4.79 Å². The quantitative estimate of drug-likeness (QED) is 0.355. The number of benzene rings is 2. The van der Waals surface area contributed by atoms with Crippen molar-refractivity contribution in [2.24, 2.45) is 11.7 Å². The fraction of sp³-hybridized carbons (Fsp3) is 0.400. The predicted octanol–water partition coefficient (Wildman–Crippen LogP) is 7.03. The minimum Gasteiger partial charge on any atom is -0.368 e. The molecule has 4 nitrogen and oxygen atoms in total. The summed E-state index contributed by atoms with van der Waals surface area (Å²) < 4.78 is 0. The van der Waals surface area contributed by atoms with Gasteiger partial charge in [-0.1, -0.05) is 79.6 Å². The van der Waals surface area contributed by atoms with E-state index in [-0.39, 0.29) is 11.9 Å². The Morgan fingerprint density at radius 1 is 1.08 bits per heavy atom. The van der Waals surface area contributed by atoms with E-state index in [1.807, 2.05) is 17.0 Å². The largest absolute Gasteiger partial charge is 0.368 e. The van der Waals surface area contributed by atoms with E-state index < -0.39 is 0 Å². The van der Waals surface area contributed by atoms with Gasteiger partial charge in [0.25, 0.3) is 0 Å². The summed E-state index contributed by atoms with van der Waals surface area (Å²) in [5.41, 5.74) is 12.3. The summed E-state index contributed by atoms with van der Waals surface area (Å²) in [5.74, 6) is 0.650. The van der Waals surface area contributed by atoms with E-state index in [4.69, 9.17) is 41.2 Å². The summed E-state index contributed by atoms with van der Waals surface area (Å²) in [6.45, 7) is 7.33. The molecule has 0 bridgehead atoms. The van der Waals surface area contributed by atoms with Crippen LogP contribution < -0.4 is 10.6 Å². The van der Waals surface area contributed by atoms with Gasteiger partial charge in [-0.15, -0.1) is 0 Å². The number of nitrogens with two attached hydrogens (primary N) is 1. The Kier molecular flexibility index (Phi) is 9.46. The van der Waals surface area contributed by atoms with Crippen molar-refractivity contribution in [1.29, 1.82) is 0 Å². The fourth-order valence-electron chi connectivity index (χ4n) is 5.06. The van der Waals surface area contributed by atoms with Gasteiger partial charge in [-0.25, -0.2) is 0 Å². The summed E-state index contributed by atoms with van der Waals surface area (Å²) in [4.78, 5) is 18.2. The van der Waals surface area contributed by atoms with Crippen LogP contribution in [0.1, 0.15) is 55.8 Å². The van der Waals surface area contributed by atoms with Crippen molar-refractivity contribution in [2.75, 3.05) is 31.1 Å². The Hall–Kier alpha value is -2.18. The number of rotatable bonds is 8. The number of halogens is 2. The Bertz CT molecular complexity index is 1220. The van der Waals surface area contributed by atoms with Gasteiger partial charge in [0.15, 0.2) is 0 Å². The molecule has 4 rings (SSSR count). The van der Waals surface area contributed by atoms with Gasteiger partial charge < -0.3 is 15.5 Å². The standard InChI is InChI=1S/C30H35Cl2N3OS/c1-20(2)17-27(33)25-18-22(24-5-3-4-6-29(24)37)8-11-28(25)34-13-15-35(16-14-34)30(36)12-9-21-7-10-23(31)19-26(21)32/h3-5,7-8,10-11,18-20,27H,6,9,12-17,33H2,1-2H3. The number of amides is 1. The van der Waals surface area contributed by atoms with Crippen molar-refractivity contribution in [3.63, 3.8) is 0 Å². The van der Waals surface area contributed by atoms with Crippen LogP contribution in [0.25, 0.3) is 5.57 Å². The molecule has 196 valence electrons. The van der Waals surface area contributed by atoms with E-state index in [0.29, 0.717) is 41.9 Å². The summed E-state index contributed by atoms with van der Waals surface area (Å²) in [7, 11) is 0. The lowest BCUT2D eigenvalue weighted by Crippen LogP contribution is -2.49. The predicted molar refractivity (Wildman–Crippen MR) is 161 cm³/mol. The zero-order valence-electron chi connectivity index (χ0n) is 21.6. The molecule has 0 radical (unpaired) electrons. The third-order valence-electron chi connectivity index (χ3n) is 7.06. The number of carbonyl (C=O) groups excluding carboxylic acids is 1. The molecule has 1 heterocycles. The SMILES string of the molecule is CC(C)CC(N)c1cc(C2=CC=CCC2=S)ccc1N1CCN(C(=O)CCc2ccc(Cl)cc2Cl)CC1. The monoisotopic (exact) mass is 555 g/mol. The number of allylic oxidation sites excluding steroid dienone is 4. The van der Waals surface area contributed by atoms with Gasteiger partial charge in [0, 0.05) is 65.7 Å². The third-order valence-corrected chi connectivity index (χ3v) is 8.04. The molecular weight excluding hydrogens is 521 g/mol. The second-order valence-corrected chi connectivity index (χ2v) is 11.6. The summed E-state index contributed by atoms with van der Waals surface area (Å²) in [6.07, 6.45) is 9.02. The molecule has 1 fully saturated rings. The van der Waals surface area contributed by atoms with Crippen LogP contribution in [0.5, 0.6) is 0 Å². The molecule has 2 N–H and O–H groups in total. The molecule has 1 atom stereocenters. The maximum Gasteiger partial charge on any atom is 0.223 e. The fourth-order valence-corrected chi connectivity index (χ4v) is 5.85. The van der Waals surface area contributed by atoms with Crippen molar-refractivity contribution >= 4 is 57.5 Å². The highest BCUT2D eigenvalue weighted by Gasteiger charge is 2.25. The van der Waals surface area contributed by atoms with E-state index in [1.165, 1.54) is 0 Å². The van der Waals surface area contributed by atoms with E-state index in [0.717, 1.165) is 58.7 Å². The van der Waals surface area contributed by atoms with Crippen LogP contribution in [-0.4, -0.2) is 41.9 Å². The van der Waals surface area contributed by atoms with E-state index in [1.54, 1.807) is 6.07 Å². The molecule has 1 aliphatic heterocycles. The molecule has 7 heteroatoms. The Morgan fingerprint density at radius 3 is 2.51 bits per heavy atom. The first-order valence-corrected chi connectivity index (χ1v) is 14.2. The maximum atomic E-state index is 12.9. The first kappa shape index (κ1) is 27.8. The molecule has 1 saturated heterocycles. The summed E-state index contributed by atoms with van der Waals surface area (Å²) in [6, 6.07) is 11.9. The number of thiocarbonyl (C=S) groups is 1. The molecule has 37 heavy (non-hydrogen) atoms. The van der Waals surface area contributed by atoms with Crippen molar-refractivity contribution < 1.29 is 4.79 Å². The Labute approximate surface area is 236 Å². The van der Waals surface area contributed by atoms with E-state index >= 15 is 0 Å². The lowest BCUT2D eigenvalue weighted by Gasteiger charge is -2.38. The molecular formula is C30H35Cl2N3OS. The molecule has 0 spiro atoms. The van der Waals surface area contributed by atoms with E-state index in [9.17, 15) is 4.79 Å². The van der Waals surface area contributed by atoms with Crippen molar-refractivity contribution in [1.82, 2.24) is 4.90 Å². The van der Waals surface area contributed by atoms with Crippen LogP contribution in [-0.2, 0) is 11.2 Å². The van der Waals surface area contributed by atoms with Gasteiger partial charge in [-0.05, 0) is 65.3 Å². The third kappa shape index (κ3) is 7.02. The highest BCUT2D eigenvalue weighted by atomic mass is 35.5. The normalized spacial score (nSPS) is 16.8. The van der Waals surface area contributed by atoms with E-state index in [2.05, 4.69) is 55.2 Å². The highest BCUT2D eigenvalue weighted by molar-refractivity contribution is 7.81. The van der Waals surface area contributed by atoms with Crippen LogP contribution >= 0.6 is 35.4 Å². The maximum absolute atomic E-state index is 12.9. The molecule has 1 unspecified atom stereocenters. The highest BCUT2D eigenvalue weighted by Crippen LogP contribution is 2.34.